The Morgan fingerprint density at radius 3 is 2.87 bits per heavy atom. The first-order valence-electron chi connectivity index (χ1n) is 5.07. The fourth-order valence-electron chi connectivity index (χ4n) is 2.19. The van der Waals surface area contributed by atoms with E-state index < -0.39 is 10.8 Å². The van der Waals surface area contributed by atoms with E-state index in [1.165, 1.54) is 0 Å². The Hall–Kier alpha value is -0.380. The molecular formula is C11H14ClNOS. The number of hydrogen-bond acceptors (Lipinski definition) is 2. The van der Waals surface area contributed by atoms with Gasteiger partial charge in [-0.25, -0.2) is 0 Å². The number of rotatable bonds is 2. The Labute approximate surface area is 97.5 Å². The fraction of sp³-hybridized carbons (Fsp3) is 0.455. The molecule has 82 valence electrons. The third-order valence-electron chi connectivity index (χ3n) is 2.89. The normalized spacial score (nSPS) is 29.1. The van der Waals surface area contributed by atoms with Crippen LogP contribution < -0.4 is 5.32 Å². The Balaban J connectivity index is 2.56. The molecule has 1 aliphatic rings. The molecule has 0 bridgehead atoms. The second-order valence-corrected chi connectivity index (χ2v) is 5.68. The summed E-state index contributed by atoms with van der Waals surface area (Å²) < 4.78 is 12.2. The number of halogens is 1. The van der Waals surface area contributed by atoms with Gasteiger partial charge in [0.05, 0.1) is 26.0 Å². The van der Waals surface area contributed by atoms with Gasteiger partial charge in [-0.3, -0.25) is 4.21 Å². The van der Waals surface area contributed by atoms with Crippen LogP contribution in [0.5, 0.6) is 0 Å². The first-order chi connectivity index (χ1) is 7.20. The predicted octanol–water partition coefficient (Wildman–Crippen LogP) is 2.50. The lowest BCUT2D eigenvalue weighted by Crippen LogP contribution is -2.26. The van der Waals surface area contributed by atoms with Crippen LogP contribution in [0.15, 0.2) is 23.1 Å². The highest BCUT2D eigenvalue weighted by Gasteiger charge is 2.37. The van der Waals surface area contributed by atoms with Gasteiger partial charge >= 0.3 is 0 Å². The molecule has 0 saturated heterocycles. The monoisotopic (exact) mass is 243 g/mol. The van der Waals surface area contributed by atoms with E-state index in [2.05, 4.69) is 12.2 Å². The van der Waals surface area contributed by atoms with E-state index in [0.29, 0.717) is 5.02 Å². The Morgan fingerprint density at radius 1 is 1.53 bits per heavy atom. The molecule has 0 aliphatic carbocycles. The van der Waals surface area contributed by atoms with Crippen molar-refractivity contribution in [1.29, 1.82) is 0 Å². The molecule has 0 aromatic heterocycles. The lowest BCUT2D eigenvalue weighted by atomic mass is 10.0. The summed E-state index contributed by atoms with van der Waals surface area (Å²) in [6.45, 7) is 2.06. The maximum Gasteiger partial charge on any atom is 0.0626 e. The van der Waals surface area contributed by atoms with Crippen molar-refractivity contribution < 1.29 is 4.21 Å². The summed E-state index contributed by atoms with van der Waals surface area (Å²) in [5.74, 6) is 0. The molecule has 0 fully saturated rings. The van der Waals surface area contributed by atoms with Crippen molar-refractivity contribution in [1.82, 2.24) is 5.32 Å². The van der Waals surface area contributed by atoms with Gasteiger partial charge in [0.25, 0.3) is 0 Å². The van der Waals surface area contributed by atoms with Gasteiger partial charge in [-0.1, -0.05) is 30.7 Å². The van der Waals surface area contributed by atoms with Crippen molar-refractivity contribution >= 4 is 22.4 Å². The minimum Gasteiger partial charge on any atom is -0.312 e. The average molecular weight is 244 g/mol. The molecule has 1 N–H and O–H groups in total. The van der Waals surface area contributed by atoms with Gasteiger partial charge in [0.2, 0.25) is 0 Å². The summed E-state index contributed by atoms with van der Waals surface area (Å²) >= 11 is 6.09. The first-order valence-corrected chi connectivity index (χ1v) is 6.66. The molecule has 2 nitrogen and oxygen atoms in total. The molecule has 0 spiro atoms. The van der Waals surface area contributed by atoms with Crippen LogP contribution in [0.2, 0.25) is 5.02 Å². The van der Waals surface area contributed by atoms with Crippen LogP contribution in [0.3, 0.4) is 0 Å². The second-order valence-electron chi connectivity index (χ2n) is 3.67. The smallest absolute Gasteiger partial charge is 0.0626 e. The Bertz CT molecular complexity index is 408. The zero-order valence-electron chi connectivity index (χ0n) is 8.79. The van der Waals surface area contributed by atoms with Crippen molar-refractivity contribution in [2.45, 2.75) is 29.5 Å². The highest BCUT2D eigenvalue weighted by atomic mass is 35.5. The lowest BCUT2D eigenvalue weighted by molar-refractivity contribution is 0.553. The largest absolute Gasteiger partial charge is 0.312 e. The number of benzene rings is 1. The minimum absolute atomic E-state index is 0.143. The van der Waals surface area contributed by atoms with Gasteiger partial charge in [-0.15, -0.1) is 0 Å². The molecule has 0 saturated carbocycles. The van der Waals surface area contributed by atoms with E-state index in [4.69, 9.17) is 11.6 Å². The average Bonchev–Trinajstić information content (AvgIpc) is 2.52. The third-order valence-corrected chi connectivity index (χ3v) is 5.33. The van der Waals surface area contributed by atoms with Crippen LogP contribution in [0.4, 0.5) is 0 Å². The molecule has 1 aromatic carbocycles. The van der Waals surface area contributed by atoms with Crippen LogP contribution >= 0.6 is 11.6 Å². The summed E-state index contributed by atoms with van der Waals surface area (Å²) in [4.78, 5) is 0.824. The van der Waals surface area contributed by atoms with Gasteiger partial charge in [-0.2, -0.15) is 0 Å². The van der Waals surface area contributed by atoms with E-state index >= 15 is 0 Å². The highest BCUT2D eigenvalue weighted by Crippen LogP contribution is 2.41. The van der Waals surface area contributed by atoms with Crippen molar-refractivity contribution in [2.24, 2.45) is 0 Å². The fourth-order valence-corrected chi connectivity index (χ4v) is 4.42. The maximum atomic E-state index is 12.2. The summed E-state index contributed by atoms with van der Waals surface area (Å²) in [7, 11) is 0.932. The van der Waals surface area contributed by atoms with Crippen molar-refractivity contribution in [3.8, 4) is 0 Å². The van der Waals surface area contributed by atoms with Crippen LogP contribution in [-0.4, -0.2) is 16.5 Å². The van der Waals surface area contributed by atoms with E-state index in [1.807, 2.05) is 25.2 Å². The molecule has 2 rings (SSSR count). The van der Waals surface area contributed by atoms with Gasteiger partial charge < -0.3 is 5.32 Å². The number of hydrogen-bond donors (Lipinski definition) is 1. The summed E-state index contributed by atoms with van der Waals surface area (Å²) in [5.41, 5.74) is 1.09. The van der Waals surface area contributed by atoms with Crippen LogP contribution in [0.25, 0.3) is 0 Å². The SMILES string of the molecule is CCC1C(NC)c2cccc(Cl)c2S1=O. The van der Waals surface area contributed by atoms with E-state index in [9.17, 15) is 4.21 Å². The van der Waals surface area contributed by atoms with Crippen LogP contribution in [-0.2, 0) is 10.8 Å². The van der Waals surface area contributed by atoms with Gasteiger partial charge in [0, 0.05) is 6.04 Å². The quantitative estimate of drug-likeness (QED) is 0.865. The molecule has 3 unspecified atom stereocenters. The van der Waals surface area contributed by atoms with Crippen molar-refractivity contribution in [2.75, 3.05) is 7.05 Å². The molecule has 1 aliphatic heterocycles. The van der Waals surface area contributed by atoms with Gasteiger partial charge in [0.15, 0.2) is 0 Å². The third kappa shape index (κ3) is 1.63. The van der Waals surface area contributed by atoms with Gasteiger partial charge in [0.1, 0.15) is 0 Å². The predicted molar refractivity (Wildman–Crippen MR) is 63.7 cm³/mol. The van der Waals surface area contributed by atoms with E-state index in [0.717, 1.165) is 16.9 Å². The minimum atomic E-state index is -0.972. The van der Waals surface area contributed by atoms with E-state index in [-0.39, 0.29) is 11.3 Å². The summed E-state index contributed by atoms with van der Waals surface area (Å²) in [6.07, 6.45) is 0.892. The molecule has 4 heteroatoms. The van der Waals surface area contributed by atoms with Crippen LogP contribution in [0, 0.1) is 0 Å². The molecular weight excluding hydrogens is 230 g/mol. The molecule has 3 atom stereocenters. The van der Waals surface area contributed by atoms with Crippen molar-refractivity contribution in [3.63, 3.8) is 0 Å². The highest BCUT2D eigenvalue weighted by molar-refractivity contribution is 7.86. The molecule has 1 heterocycles. The van der Waals surface area contributed by atoms with Crippen LogP contribution in [0.1, 0.15) is 24.9 Å². The molecule has 15 heavy (non-hydrogen) atoms. The molecule has 0 radical (unpaired) electrons. The lowest BCUT2D eigenvalue weighted by Gasteiger charge is -2.16. The standard InChI is InChI=1S/C11H14ClNOS/c1-3-9-10(13-2)7-5-4-6-8(12)11(7)15(9)14/h4-6,9-10,13H,3H2,1-2H3. The topological polar surface area (TPSA) is 29.1 Å². The van der Waals surface area contributed by atoms with E-state index in [1.54, 1.807) is 0 Å². The summed E-state index contributed by atoms with van der Waals surface area (Å²) in [6, 6.07) is 5.91. The number of nitrogens with one attached hydrogen (secondary N) is 1. The second kappa shape index (κ2) is 4.24. The van der Waals surface area contributed by atoms with Gasteiger partial charge in [-0.05, 0) is 25.1 Å². The number of fused-ring (bicyclic) bond motifs is 1. The first kappa shape index (κ1) is 11.1. The zero-order chi connectivity index (χ0) is 11.0. The Kier molecular flexibility index (Phi) is 3.14. The molecule has 0 amide bonds. The molecule has 1 aromatic rings. The summed E-state index contributed by atoms with van der Waals surface area (Å²) in [5, 5.41) is 4.00. The Morgan fingerprint density at radius 2 is 2.27 bits per heavy atom. The maximum absolute atomic E-state index is 12.2. The van der Waals surface area contributed by atoms with Crippen molar-refractivity contribution in [3.05, 3.63) is 28.8 Å². The zero-order valence-corrected chi connectivity index (χ0v) is 10.4.